The van der Waals surface area contributed by atoms with Crippen molar-refractivity contribution in [1.82, 2.24) is 5.32 Å². The third-order valence-electron chi connectivity index (χ3n) is 3.49. The molecule has 0 aromatic heterocycles. The van der Waals surface area contributed by atoms with Crippen LogP contribution in [0.2, 0.25) is 5.02 Å². The number of amidine groups is 1. The molecule has 0 saturated carbocycles. The van der Waals surface area contributed by atoms with Gasteiger partial charge in [0.1, 0.15) is 5.75 Å². The average molecular weight is 391 g/mol. The molecule has 1 heterocycles. The number of ether oxygens (including phenoxy) is 1. The number of ketones is 1. The van der Waals surface area contributed by atoms with Gasteiger partial charge in [0.05, 0.1) is 23.9 Å². The van der Waals surface area contributed by atoms with Gasteiger partial charge in [0, 0.05) is 12.1 Å². The highest BCUT2D eigenvalue weighted by molar-refractivity contribution is 8.14. The topological polar surface area (TPSA) is 50.7 Å². The van der Waals surface area contributed by atoms with Crippen molar-refractivity contribution < 1.29 is 9.53 Å². The van der Waals surface area contributed by atoms with Crippen LogP contribution in [-0.4, -0.2) is 36.4 Å². The Morgan fingerprint density at radius 2 is 2.21 bits per heavy atom. The van der Waals surface area contributed by atoms with Crippen LogP contribution < -0.4 is 10.1 Å². The summed E-state index contributed by atoms with van der Waals surface area (Å²) in [6, 6.07) is 5.25. The van der Waals surface area contributed by atoms with Crippen molar-refractivity contribution in [2.24, 2.45) is 4.99 Å². The van der Waals surface area contributed by atoms with Gasteiger partial charge in [0.15, 0.2) is 11.0 Å². The van der Waals surface area contributed by atoms with Crippen LogP contribution in [0.15, 0.2) is 23.2 Å². The van der Waals surface area contributed by atoms with Gasteiger partial charge in [0.2, 0.25) is 0 Å². The van der Waals surface area contributed by atoms with E-state index in [0.29, 0.717) is 28.7 Å². The number of hydrogen-bond acceptors (Lipinski definition) is 5. The van der Waals surface area contributed by atoms with Crippen LogP contribution in [0.3, 0.4) is 0 Å². The molecule has 1 aliphatic heterocycles. The Bertz CT molecular complexity index is 568. The van der Waals surface area contributed by atoms with E-state index in [0.717, 1.165) is 24.7 Å². The quantitative estimate of drug-likeness (QED) is 0.494. The lowest BCUT2D eigenvalue weighted by Crippen LogP contribution is -2.17. The molecule has 1 aliphatic rings. The molecule has 2 rings (SSSR count). The van der Waals surface area contributed by atoms with Gasteiger partial charge in [-0.1, -0.05) is 49.5 Å². The zero-order chi connectivity index (χ0) is 16.5. The number of rotatable bonds is 9. The van der Waals surface area contributed by atoms with Crippen LogP contribution in [0.5, 0.6) is 5.75 Å². The van der Waals surface area contributed by atoms with Crippen molar-refractivity contribution >= 4 is 46.7 Å². The molecule has 0 spiro atoms. The number of benzene rings is 1. The Morgan fingerprint density at radius 1 is 1.38 bits per heavy atom. The van der Waals surface area contributed by atoms with E-state index in [1.807, 2.05) is 0 Å². The predicted octanol–water partition coefficient (Wildman–Crippen LogP) is 4.60. The van der Waals surface area contributed by atoms with Crippen molar-refractivity contribution in [2.75, 3.05) is 25.4 Å². The zero-order valence-electron chi connectivity index (χ0n) is 13.8. The van der Waals surface area contributed by atoms with Gasteiger partial charge >= 0.3 is 0 Å². The number of carbonyl (C=O) groups excluding carboxylic acids is 1. The molecule has 0 unspecified atom stereocenters. The predicted molar refractivity (Wildman–Crippen MR) is 105 cm³/mol. The first-order chi connectivity index (χ1) is 11.2. The number of nitrogens with one attached hydrogen (secondary N) is 1. The van der Waals surface area contributed by atoms with Gasteiger partial charge in [-0.2, -0.15) is 0 Å². The molecule has 0 atom stereocenters. The molecule has 0 aliphatic carbocycles. The summed E-state index contributed by atoms with van der Waals surface area (Å²) in [7, 11) is 0. The third kappa shape index (κ3) is 6.91. The van der Waals surface area contributed by atoms with Crippen molar-refractivity contribution in [3.63, 3.8) is 0 Å². The largest absolute Gasteiger partial charge is 0.492 e. The molecule has 0 saturated heterocycles. The van der Waals surface area contributed by atoms with E-state index >= 15 is 0 Å². The SMILES string of the molecule is CCCCCCOc1ccc(C(=O)CSC2=NCCN2)cc1Cl.Cl. The van der Waals surface area contributed by atoms with Crippen molar-refractivity contribution in [1.29, 1.82) is 0 Å². The van der Waals surface area contributed by atoms with Crippen LogP contribution in [-0.2, 0) is 0 Å². The Kier molecular flexibility index (Phi) is 10.2. The molecule has 0 amide bonds. The molecule has 7 heteroatoms. The lowest BCUT2D eigenvalue weighted by molar-refractivity contribution is 0.102. The molecular formula is C17H24Cl2N2O2S. The first kappa shape index (κ1) is 21.1. The Labute approximate surface area is 159 Å². The minimum Gasteiger partial charge on any atom is -0.492 e. The van der Waals surface area contributed by atoms with E-state index in [1.165, 1.54) is 31.0 Å². The first-order valence-electron chi connectivity index (χ1n) is 8.07. The maximum Gasteiger partial charge on any atom is 0.173 e. The number of aliphatic imine (C=N–C) groups is 1. The summed E-state index contributed by atoms with van der Waals surface area (Å²) in [5, 5.41) is 4.47. The highest BCUT2D eigenvalue weighted by Gasteiger charge is 2.13. The Balaban J connectivity index is 0.00000288. The van der Waals surface area contributed by atoms with Crippen LogP contribution in [0, 0.1) is 0 Å². The lowest BCUT2D eigenvalue weighted by atomic mass is 10.1. The number of nitrogens with zero attached hydrogens (tertiary/aromatic N) is 1. The molecule has 134 valence electrons. The summed E-state index contributed by atoms with van der Waals surface area (Å²) in [6.45, 7) is 4.48. The molecule has 0 bridgehead atoms. The number of hydrogen-bond donors (Lipinski definition) is 1. The van der Waals surface area contributed by atoms with E-state index in [9.17, 15) is 4.79 Å². The average Bonchev–Trinajstić information content (AvgIpc) is 3.07. The number of halogens is 2. The number of thioether (sulfide) groups is 1. The highest BCUT2D eigenvalue weighted by atomic mass is 35.5. The second kappa shape index (κ2) is 11.6. The van der Waals surface area contributed by atoms with Gasteiger partial charge < -0.3 is 10.1 Å². The van der Waals surface area contributed by atoms with E-state index < -0.39 is 0 Å². The summed E-state index contributed by atoms with van der Waals surface area (Å²) >= 11 is 7.65. The number of Topliss-reactive ketones (excluding diaryl/α,β-unsaturated/α-hetero) is 1. The van der Waals surface area contributed by atoms with Crippen LogP contribution in [0.25, 0.3) is 0 Å². The van der Waals surface area contributed by atoms with Crippen molar-refractivity contribution in [3.05, 3.63) is 28.8 Å². The van der Waals surface area contributed by atoms with Gasteiger partial charge in [-0.15, -0.1) is 12.4 Å². The van der Waals surface area contributed by atoms with Gasteiger partial charge in [0.25, 0.3) is 0 Å². The maximum atomic E-state index is 12.2. The minimum atomic E-state index is 0. The minimum absolute atomic E-state index is 0. The van der Waals surface area contributed by atoms with Crippen molar-refractivity contribution in [3.8, 4) is 5.75 Å². The van der Waals surface area contributed by atoms with Crippen LogP contribution >= 0.6 is 35.8 Å². The fourth-order valence-corrected chi connectivity index (χ4v) is 3.25. The van der Waals surface area contributed by atoms with Gasteiger partial charge in [-0.3, -0.25) is 9.79 Å². The highest BCUT2D eigenvalue weighted by Crippen LogP contribution is 2.26. The van der Waals surface area contributed by atoms with Crippen LogP contribution in [0.4, 0.5) is 0 Å². The summed E-state index contributed by atoms with van der Waals surface area (Å²) in [5.74, 6) is 1.05. The Hall–Kier alpha value is -0.910. The van der Waals surface area contributed by atoms with E-state index in [-0.39, 0.29) is 18.2 Å². The molecule has 1 aromatic rings. The fourth-order valence-electron chi connectivity index (χ4n) is 2.19. The molecule has 1 N–H and O–H groups in total. The second-order valence-corrected chi connectivity index (χ2v) is 6.75. The summed E-state index contributed by atoms with van der Waals surface area (Å²) in [5.41, 5.74) is 0.611. The Morgan fingerprint density at radius 3 is 2.88 bits per heavy atom. The number of carbonyl (C=O) groups is 1. The van der Waals surface area contributed by atoms with Gasteiger partial charge in [-0.05, 0) is 24.6 Å². The van der Waals surface area contributed by atoms with Crippen molar-refractivity contribution in [2.45, 2.75) is 32.6 Å². The molecule has 24 heavy (non-hydrogen) atoms. The van der Waals surface area contributed by atoms with E-state index in [2.05, 4.69) is 17.2 Å². The number of unbranched alkanes of at least 4 members (excludes halogenated alkanes) is 3. The smallest absolute Gasteiger partial charge is 0.173 e. The third-order valence-corrected chi connectivity index (χ3v) is 4.74. The molecule has 0 radical (unpaired) electrons. The standard InChI is InChI=1S/C17H23ClN2O2S.ClH/c1-2-3-4-5-10-22-16-7-6-13(11-14(16)18)15(21)12-23-17-19-8-9-20-17;/h6-7,11H,2-5,8-10,12H2,1H3,(H,19,20);1H. The summed E-state index contributed by atoms with van der Waals surface area (Å²) in [4.78, 5) is 16.5. The van der Waals surface area contributed by atoms with Gasteiger partial charge in [-0.25, -0.2) is 0 Å². The molecule has 1 aromatic carbocycles. The van der Waals surface area contributed by atoms with Crippen LogP contribution in [0.1, 0.15) is 43.0 Å². The van der Waals surface area contributed by atoms with E-state index in [4.69, 9.17) is 16.3 Å². The first-order valence-corrected chi connectivity index (χ1v) is 9.43. The summed E-state index contributed by atoms with van der Waals surface area (Å²) < 4.78 is 5.68. The molecular weight excluding hydrogens is 367 g/mol. The van der Waals surface area contributed by atoms with E-state index in [1.54, 1.807) is 18.2 Å². The molecule has 0 fully saturated rings. The lowest BCUT2D eigenvalue weighted by Gasteiger charge is -2.09. The monoisotopic (exact) mass is 390 g/mol. The second-order valence-electron chi connectivity index (χ2n) is 5.38. The normalized spacial score (nSPS) is 13.0. The fraction of sp³-hybridized carbons (Fsp3) is 0.529. The zero-order valence-corrected chi connectivity index (χ0v) is 16.2. The summed E-state index contributed by atoms with van der Waals surface area (Å²) in [6.07, 6.45) is 4.62. The molecule has 4 nitrogen and oxygen atoms in total. The maximum absolute atomic E-state index is 12.2.